The molecule has 1 saturated carbocycles. The van der Waals surface area contributed by atoms with E-state index in [9.17, 15) is 0 Å². The Morgan fingerprint density at radius 1 is 1.30 bits per heavy atom. The van der Waals surface area contributed by atoms with Crippen molar-refractivity contribution < 1.29 is 4.74 Å². The van der Waals surface area contributed by atoms with Crippen molar-refractivity contribution in [2.75, 3.05) is 32.1 Å². The zero-order valence-electron chi connectivity index (χ0n) is 12.6. The van der Waals surface area contributed by atoms with Crippen LogP contribution >= 0.6 is 15.9 Å². The largest absolute Gasteiger partial charge is 0.383 e. The van der Waals surface area contributed by atoms with Crippen LogP contribution in [0.4, 0.5) is 0 Å². The number of ether oxygens (including phenoxy) is 1. The lowest BCUT2D eigenvalue weighted by Gasteiger charge is -2.32. The zero-order valence-corrected chi connectivity index (χ0v) is 14.2. The first-order valence-corrected chi connectivity index (χ1v) is 8.72. The number of rotatable bonds is 9. The molecule has 1 aliphatic rings. The molecule has 0 amide bonds. The second-order valence-electron chi connectivity index (χ2n) is 5.83. The number of halogens is 1. The van der Waals surface area contributed by atoms with Crippen LogP contribution < -0.4 is 0 Å². The molecule has 3 heteroatoms. The summed E-state index contributed by atoms with van der Waals surface area (Å²) in [6.45, 7) is 5.34. The predicted octanol–water partition coefficient (Wildman–Crippen LogP) is 3.91. The summed E-state index contributed by atoms with van der Waals surface area (Å²) in [6.07, 6.45) is 2.80. The number of methoxy groups -OCH3 is 1. The minimum Gasteiger partial charge on any atom is -0.383 e. The van der Waals surface area contributed by atoms with E-state index in [1.54, 1.807) is 7.11 Å². The first kappa shape index (κ1) is 16.0. The van der Waals surface area contributed by atoms with Crippen molar-refractivity contribution >= 4 is 15.9 Å². The normalized spacial score (nSPS) is 18.2. The zero-order chi connectivity index (χ0) is 14.4. The average molecular weight is 340 g/mol. The van der Waals surface area contributed by atoms with E-state index < -0.39 is 0 Å². The van der Waals surface area contributed by atoms with E-state index in [1.165, 1.54) is 18.4 Å². The van der Waals surface area contributed by atoms with Gasteiger partial charge >= 0.3 is 0 Å². The minimum absolute atomic E-state index is 0.550. The van der Waals surface area contributed by atoms with Crippen LogP contribution in [0.2, 0.25) is 0 Å². The molecule has 2 rings (SSSR count). The van der Waals surface area contributed by atoms with Gasteiger partial charge in [-0.05, 0) is 31.2 Å². The van der Waals surface area contributed by atoms with E-state index >= 15 is 0 Å². The maximum atomic E-state index is 5.29. The molecule has 20 heavy (non-hydrogen) atoms. The summed E-state index contributed by atoms with van der Waals surface area (Å²) < 4.78 is 5.29. The first-order valence-electron chi connectivity index (χ1n) is 7.60. The second-order valence-corrected chi connectivity index (χ2v) is 6.48. The molecule has 0 aliphatic heterocycles. The Morgan fingerprint density at radius 2 is 2.00 bits per heavy atom. The molecule has 0 bridgehead atoms. The highest BCUT2D eigenvalue weighted by atomic mass is 79.9. The summed E-state index contributed by atoms with van der Waals surface area (Å²) in [7, 11) is 1.79. The average Bonchev–Trinajstić information content (AvgIpc) is 3.32. The van der Waals surface area contributed by atoms with Gasteiger partial charge < -0.3 is 4.74 Å². The quantitative estimate of drug-likeness (QED) is 0.632. The number of nitrogens with zero attached hydrogens (tertiary/aromatic N) is 1. The molecular formula is C17H26BrNO. The molecule has 0 spiro atoms. The first-order chi connectivity index (χ1) is 9.76. The molecule has 2 unspecified atom stereocenters. The van der Waals surface area contributed by atoms with Gasteiger partial charge in [0.1, 0.15) is 0 Å². The van der Waals surface area contributed by atoms with Gasteiger partial charge in [-0.2, -0.15) is 0 Å². The maximum Gasteiger partial charge on any atom is 0.0589 e. The summed E-state index contributed by atoms with van der Waals surface area (Å²) in [5.41, 5.74) is 1.43. The van der Waals surface area contributed by atoms with Gasteiger partial charge in [-0.3, -0.25) is 4.90 Å². The monoisotopic (exact) mass is 339 g/mol. The Balaban J connectivity index is 2.00. The third-order valence-electron chi connectivity index (χ3n) is 4.37. The van der Waals surface area contributed by atoms with Gasteiger partial charge in [0.2, 0.25) is 0 Å². The summed E-state index contributed by atoms with van der Waals surface area (Å²) in [5, 5.41) is 1.01. The molecule has 0 N–H and O–H groups in total. The molecule has 1 aromatic rings. The highest BCUT2D eigenvalue weighted by Crippen LogP contribution is 2.36. The van der Waals surface area contributed by atoms with E-state index in [2.05, 4.69) is 58.1 Å². The Bertz CT molecular complexity index is 380. The molecule has 0 heterocycles. The van der Waals surface area contributed by atoms with E-state index in [0.717, 1.165) is 30.9 Å². The number of hydrogen-bond donors (Lipinski definition) is 0. The van der Waals surface area contributed by atoms with Gasteiger partial charge in [0.25, 0.3) is 0 Å². The molecule has 0 saturated heterocycles. The van der Waals surface area contributed by atoms with Gasteiger partial charge in [-0.25, -0.2) is 0 Å². The fourth-order valence-electron chi connectivity index (χ4n) is 2.80. The fourth-order valence-corrected chi connectivity index (χ4v) is 3.38. The second kappa shape index (κ2) is 8.16. The molecule has 1 aromatic carbocycles. The van der Waals surface area contributed by atoms with Crippen molar-refractivity contribution in [1.82, 2.24) is 4.90 Å². The third-order valence-corrected chi connectivity index (χ3v) is 5.16. The number of hydrogen-bond acceptors (Lipinski definition) is 2. The predicted molar refractivity (Wildman–Crippen MR) is 88.6 cm³/mol. The van der Waals surface area contributed by atoms with Crippen LogP contribution in [0.1, 0.15) is 31.2 Å². The molecule has 0 radical (unpaired) electrons. The van der Waals surface area contributed by atoms with Crippen molar-refractivity contribution in [3.8, 4) is 0 Å². The molecule has 2 nitrogen and oxygen atoms in total. The van der Waals surface area contributed by atoms with Crippen LogP contribution in [0.15, 0.2) is 30.3 Å². The van der Waals surface area contributed by atoms with Gasteiger partial charge in [-0.1, -0.05) is 46.3 Å². The molecule has 0 aromatic heterocycles. The van der Waals surface area contributed by atoms with Crippen LogP contribution in [-0.2, 0) is 4.74 Å². The highest BCUT2D eigenvalue weighted by Gasteiger charge is 2.32. The van der Waals surface area contributed by atoms with Crippen LogP contribution in [0.25, 0.3) is 0 Å². The topological polar surface area (TPSA) is 12.5 Å². The molecule has 2 atom stereocenters. The maximum absolute atomic E-state index is 5.29. The van der Waals surface area contributed by atoms with E-state index in [1.807, 2.05) is 0 Å². The van der Waals surface area contributed by atoms with Crippen molar-refractivity contribution in [3.63, 3.8) is 0 Å². The van der Waals surface area contributed by atoms with Gasteiger partial charge in [-0.15, -0.1) is 0 Å². The SMILES string of the molecule is COCCN(CC(CBr)c1ccccc1)C(C)C1CC1. The van der Waals surface area contributed by atoms with Gasteiger partial charge in [0, 0.05) is 37.5 Å². The smallest absolute Gasteiger partial charge is 0.0589 e. The van der Waals surface area contributed by atoms with Crippen molar-refractivity contribution in [3.05, 3.63) is 35.9 Å². The van der Waals surface area contributed by atoms with Gasteiger partial charge in [0.05, 0.1) is 6.61 Å². The molecular weight excluding hydrogens is 314 g/mol. The summed E-state index contributed by atoms with van der Waals surface area (Å²) >= 11 is 3.69. The highest BCUT2D eigenvalue weighted by molar-refractivity contribution is 9.09. The van der Waals surface area contributed by atoms with E-state index in [0.29, 0.717) is 12.0 Å². The third kappa shape index (κ3) is 4.57. The molecule has 1 fully saturated rings. The van der Waals surface area contributed by atoms with Gasteiger partial charge in [0.15, 0.2) is 0 Å². The summed E-state index contributed by atoms with van der Waals surface area (Å²) in [5.74, 6) is 1.45. The Labute approximate surface area is 131 Å². The Hall–Kier alpha value is -0.380. The molecule has 112 valence electrons. The van der Waals surface area contributed by atoms with E-state index in [4.69, 9.17) is 4.74 Å². The Kier molecular flexibility index (Phi) is 6.53. The number of alkyl halides is 1. The van der Waals surface area contributed by atoms with Crippen LogP contribution in [0.5, 0.6) is 0 Å². The summed E-state index contributed by atoms with van der Waals surface area (Å²) in [4.78, 5) is 2.61. The van der Waals surface area contributed by atoms with Crippen LogP contribution in [0, 0.1) is 5.92 Å². The Morgan fingerprint density at radius 3 is 2.55 bits per heavy atom. The van der Waals surface area contributed by atoms with Crippen molar-refractivity contribution in [2.45, 2.75) is 31.7 Å². The fraction of sp³-hybridized carbons (Fsp3) is 0.647. The lowest BCUT2D eigenvalue weighted by atomic mass is 9.99. The van der Waals surface area contributed by atoms with Crippen LogP contribution in [-0.4, -0.2) is 43.1 Å². The standard InChI is InChI=1S/C17H26BrNO/c1-14(15-8-9-15)19(10-11-20-2)13-17(12-18)16-6-4-3-5-7-16/h3-7,14-15,17H,8-13H2,1-2H3. The lowest BCUT2D eigenvalue weighted by molar-refractivity contribution is 0.113. The van der Waals surface area contributed by atoms with E-state index in [-0.39, 0.29) is 0 Å². The lowest BCUT2D eigenvalue weighted by Crippen LogP contribution is -2.40. The number of benzene rings is 1. The van der Waals surface area contributed by atoms with Crippen molar-refractivity contribution in [2.24, 2.45) is 5.92 Å². The summed E-state index contributed by atoms with van der Waals surface area (Å²) in [6, 6.07) is 11.5. The molecule has 1 aliphatic carbocycles. The van der Waals surface area contributed by atoms with Crippen molar-refractivity contribution in [1.29, 1.82) is 0 Å². The minimum atomic E-state index is 0.550. The van der Waals surface area contributed by atoms with Crippen LogP contribution in [0.3, 0.4) is 0 Å².